The van der Waals surface area contributed by atoms with E-state index in [1.54, 1.807) is 16.8 Å². The van der Waals surface area contributed by atoms with Crippen LogP contribution in [0.25, 0.3) is 5.69 Å². The fourth-order valence-corrected chi connectivity index (χ4v) is 1.72. The normalized spacial score (nSPS) is 10.8. The summed E-state index contributed by atoms with van der Waals surface area (Å²) in [6.45, 7) is 4.18. The molecule has 16 heavy (non-hydrogen) atoms. The van der Waals surface area contributed by atoms with Crippen molar-refractivity contribution in [2.75, 3.05) is 0 Å². The molecule has 0 radical (unpaired) electrons. The van der Waals surface area contributed by atoms with Crippen LogP contribution in [0.2, 0.25) is 0 Å². The van der Waals surface area contributed by atoms with Crippen LogP contribution >= 0.6 is 0 Å². The minimum atomic E-state index is -0.289. The van der Waals surface area contributed by atoms with Gasteiger partial charge in [-0.3, -0.25) is 0 Å². The lowest BCUT2D eigenvalue weighted by atomic mass is 10.2. The Bertz CT molecular complexity index is 517. The molecule has 4 heteroatoms. The van der Waals surface area contributed by atoms with E-state index in [9.17, 15) is 4.39 Å². The van der Waals surface area contributed by atoms with Gasteiger partial charge in [0.05, 0.1) is 5.69 Å². The minimum Gasteiger partial charge on any atom is -0.326 e. The monoisotopic (exact) mass is 219 g/mol. The molecule has 0 spiro atoms. The lowest BCUT2D eigenvalue weighted by molar-refractivity contribution is 0.607. The highest BCUT2D eigenvalue weighted by atomic mass is 19.1. The van der Waals surface area contributed by atoms with Crippen LogP contribution in [0.15, 0.2) is 24.3 Å². The van der Waals surface area contributed by atoms with Crippen molar-refractivity contribution in [3.8, 4) is 5.69 Å². The maximum Gasteiger partial charge on any atom is 0.148 e. The molecule has 3 nitrogen and oxygen atoms in total. The highest BCUT2D eigenvalue weighted by Gasteiger charge is 2.09. The third-order valence-corrected chi connectivity index (χ3v) is 2.48. The van der Waals surface area contributed by atoms with E-state index in [1.807, 2.05) is 19.9 Å². The Hall–Kier alpha value is -1.68. The number of nitrogens with two attached hydrogens (primary N) is 1. The maximum atomic E-state index is 13.7. The molecule has 2 N–H and O–H groups in total. The SMILES string of the molecule is Cc1cc(C)n(-c2cc(CN)ccc2F)n1. The summed E-state index contributed by atoms with van der Waals surface area (Å²) in [5.41, 5.74) is 8.66. The second kappa shape index (κ2) is 4.06. The van der Waals surface area contributed by atoms with E-state index < -0.39 is 0 Å². The van der Waals surface area contributed by atoms with Crippen molar-refractivity contribution in [1.29, 1.82) is 0 Å². The topological polar surface area (TPSA) is 43.8 Å². The average molecular weight is 219 g/mol. The Kier molecular flexibility index (Phi) is 2.75. The van der Waals surface area contributed by atoms with Gasteiger partial charge in [-0.05, 0) is 37.6 Å². The summed E-state index contributed by atoms with van der Waals surface area (Å²) in [6, 6.07) is 6.75. The number of hydrogen-bond acceptors (Lipinski definition) is 2. The predicted octanol–water partition coefficient (Wildman–Crippen LogP) is 2.09. The number of nitrogens with zero attached hydrogens (tertiary/aromatic N) is 2. The van der Waals surface area contributed by atoms with Crippen molar-refractivity contribution in [2.24, 2.45) is 5.73 Å². The minimum absolute atomic E-state index is 0.289. The second-order valence-electron chi connectivity index (χ2n) is 3.83. The largest absolute Gasteiger partial charge is 0.326 e. The molecule has 1 heterocycles. The number of halogens is 1. The molecule has 2 aromatic rings. The van der Waals surface area contributed by atoms with Crippen LogP contribution < -0.4 is 5.73 Å². The van der Waals surface area contributed by atoms with Gasteiger partial charge < -0.3 is 5.73 Å². The van der Waals surface area contributed by atoms with Gasteiger partial charge in [-0.15, -0.1) is 0 Å². The first-order chi connectivity index (χ1) is 7.61. The van der Waals surface area contributed by atoms with Gasteiger partial charge >= 0.3 is 0 Å². The Morgan fingerprint density at radius 1 is 1.31 bits per heavy atom. The molecule has 0 saturated carbocycles. The third kappa shape index (κ3) is 1.84. The smallest absolute Gasteiger partial charge is 0.148 e. The molecule has 2 rings (SSSR count). The Labute approximate surface area is 93.7 Å². The number of rotatable bonds is 2. The van der Waals surface area contributed by atoms with Crippen molar-refractivity contribution in [3.05, 3.63) is 47.0 Å². The zero-order valence-corrected chi connectivity index (χ0v) is 9.37. The van der Waals surface area contributed by atoms with Gasteiger partial charge in [-0.2, -0.15) is 5.10 Å². The molecule has 0 aliphatic carbocycles. The molecule has 0 unspecified atom stereocenters. The summed E-state index contributed by atoms with van der Waals surface area (Å²) in [4.78, 5) is 0. The number of aromatic nitrogens is 2. The summed E-state index contributed by atoms with van der Waals surface area (Å²) in [5, 5.41) is 4.25. The van der Waals surface area contributed by atoms with Crippen molar-refractivity contribution in [2.45, 2.75) is 20.4 Å². The van der Waals surface area contributed by atoms with Gasteiger partial charge in [0.25, 0.3) is 0 Å². The molecule has 0 aliphatic rings. The second-order valence-corrected chi connectivity index (χ2v) is 3.83. The van der Waals surface area contributed by atoms with E-state index in [0.29, 0.717) is 12.2 Å². The molecule has 1 aromatic heterocycles. The molecule has 84 valence electrons. The quantitative estimate of drug-likeness (QED) is 0.840. The maximum absolute atomic E-state index is 13.7. The van der Waals surface area contributed by atoms with E-state index in [0.717, 1.165) is 17.0 Å². The van der Waals surface area contributed by atoms with Crippen LogP contribution in [-0.4, -0.2) is 9.78 Å². The fraction of sp³-hybridized carbons (Fsp3) is 0.250. The van der Waals surface area contributed by atoms with Gasteiger partial charge in [0.15, 0.2) is 0 Å². The summed E-state index contributed by atoms with van der Waals surface area (Å²) >= 11 is 0. The number of aryl methyl sites for hydroxylation is 2. The highest BCUT2D eigenvalue weighted by Crippen LogP contribution is 2.17. The van der Waals surface area contributed by atoms with E-state index in [1.165, 1.54) is 6.07 Å². The zero-order valence-electron chi connectivity index (χ0n) is 9.37. The molecule has 0 saturated heterocycles. The van der Waals surface area contributed by atoms with Crippen LogP contribution in [0.1, 0.15) is 17.0 Å². The van der Waals surface area contributed by atoms with Crippen molar-refractivity contribution in [3.63, 3.8) is 0 Å². The Balaban J connectivity index is 2.58. The van der Waals surface area contributed by atoms with Crippen LogP contribution in [-0.2, 0) is 6.54 Å². The Morgan fingerprint density at radius 2 is 2.06 bits per heavy atom. The van der Waals surface area contributed by atoms with Gasteiger partial charge in [-0.25, -0.2) is 9.07 Å². The predicted molar refractivity (Wildman–Crippen MR) is 60.9 cm³/mol. The van der Waals surface area contributed by atoms with E-state index in [-0.39, 0.29) is 5.82 Å². The van der Waals surface area contributed by atoms with Crippen LogP contribution in [0.4, 0.5) is 4.39 Å². The first-order valence-electron chi connectivity index (χ1n) is 5.14. The molecule has 0 bridgehead atoms. The van der Waals surface area contributed by atoms with Crippen molar-refractivity contribution >= 4 is 0 Å². The van der Waals surface area contributed by atoms with Gasteiger partial charge in [0.2, 0.25) is 0 Å². The summed E-state index contributed by atoms with van der Waals surface area (Å²) in [7, 11) is 0. The van der Waals surface area contributed by atoms with Crippen LogP contribution in [0.5, 0.6) is 0 Å². The van der Waals surface area contributed by atoms with Crippen molar-refractivity contribution < 1.29 is 4.39 Å². The van der Waals surface area contributed by atoms with Crippen LogP contribution in [0.3, 0.4) is 0 Å². The molecule has 0 aliphatic heterocycles. The lowest BCUT2D eigenvalue weighted by Crippen LogP contribution is -2.05. The number of benzene rings is 1. The van der Waals surface area contributed by atoms with Crippen LogP contribution in [0, 0.1) is 19.7 Å². The average Bonchev–Trinajstić information content (AvgIpc) is 2.58. The zero-order chi connectivity index (χ0) is 11.7. The molecule has 0 atom stereocenters. The summed E-state index contributed by atoms with van der Waals surface area (Å²) in [5.74, 6) is -0.289. The Morgan fingerprint density at radius 3 is 2.62 bits per heavy atom. The lowest BCUT2D eigenvalue weighted by Gasteiger charge is -2.07. The highest BCUT2D eigenvalue weighted by molar-refractivity contribution is 5.38. The van der Waals surface area contributed by atoms with Crippen molar-refractivity contribution in [1.82, 2.24) is 9.78 Å². The fourth-order valence-electron chi connectivity index (χ4n) is 1.72. The third-order valence-electron chi connectivity index (χ3n) is 2.48. The first kappa shape index (κ1) is 10.8. The van der Waals surface area contributed by atoms with Gasteiger partial charge in [-0.1, -0.05) is 6.07 Å². The molecule has 1 aromatic carbocycles. The molecular formula is C12H14FN3. The van der Waals surface area contributed by atoms with E-state index >= 15 is 0 Å². The standard InChI is InChI=1S/C12H14FN3/c1-8-5-9(2)16(15-8)12-6-10(7-14)3-4-11(12)13/h3-6H,7,14H2,1-2H3. The summed E-state index contributed by atoms with van der Waals surface area (Å²) in [6.07, 6.45) is 0. The molecule has 0 amide bonds. The first-order valence-corrected chi connectivity index (χ1v) is 5.14. The summed E-state index contributed by atoms with van der Waals surface area (Å²) < 4.78 is 15.3. The molecular weight excluding hydrogens is 205 g/mol. The van der Waals surface area contributed by atoms with E-state index in [4.69, 9.17) is 5.73 Å². The van der Waals surface area contributed by atoms with Gasteiger partial charge in [0, 0.05) is 12.2 Å². The van der Waals surface area contributed by atoms with E-state index in [2.05, 4.69) is 5.10 Å². The van der Waals surface area contributed by atoms with Gasteiger partial charge in [0.1, 0.15) is 11.5 Å². The molecule has 0 fully saturated rings. The number of hydrogen-bond donors (Lipinski definition) is 1.